The van der Waals surface area contributed by atoms with Crippen molar-refractivity contribution in [2.75, 3.05) is 0 Å². The number of carbonyl (C=O) groups excluding carboxylic acids is 1. The van der Waals surface area contributed by atoms with E-state index in [2.05, 4.69) is 0 Å². The summed E-state index contributed by atoms with van der Waals surface area (Å²) in [6.45, 7) is 0. The fourth-order valence-corrected chi connectivity index (χ4v) is 2.18. The summed E-state index contributed by atoms with van der Waals surface area (Å²) in [5.41, 5.74) is -7.22. The molecule has 0 aliphatic heterocycles. The van der Waals surface area contributed by atoms with E-state index in [1.165, 1.54) is 0 Å². The number of hydrogen-bond donors (Lipinski definition) is 0. The van der Waals surface area contributed by atoms with Crippen LogP contribution in [0.25, 0.3) is 0 Å². The van der Waals surface area contributed by atoms with Gasteiger partial charge in [-0.3, -0.25) is 4.79 Å². The van der Waals surface area contributed by atoms with Gasteiger partial charge in [0.15, 0.2) is 52.3 Å². The van der Waals surface area contributed by atoms with Gasteiger partial charge in [-0.25, -0.2) is 39.5 Å². The molecule has 0 N–H and O–H groups in total. The summed E-state index contributed by atoms with van der Waals surface area (Å²) in [5.74, 6) is -26.9. The number of rotatable bonds is 3. The van der Waals surface area contributed by atoms with Crippen molar-refractivity contribution in [3.8, 4) is 0 Å². The molecule has 0 spiro atoms. The minimum Gasteiger partial charge on any atom is -0.294 e. The number of benzene rings is 2. The van der Waals surface area contributed by atoms with Crippen molar-refractivity contribution >= 4 is 5.78 Å². The lowest BCUT2D eigenvalue weighted by atomic mass is 9.98. The average molecular weight is 426 g/mol. The lowest BCUT2D eigenvalue weighted by molar-refractivity contribution is -0.143. The van der Waals surface area contributed by atoms with Crippen molar-refractivity contribution in [3.05, 3.63) is 69.0 Å². The zero-order valence-corrected chi connectivity index (χ0v) is 12.7. The Balaban J connectivity index is 2.65. The Bertz CT molecular complexity index is 934. The number of carbonyl (C=O) groups is 1. The van der Waals surface area contributed by atoms with Crippen LogP contribution >= 0.6 is 0 Å². The van der Waals surface area contributed by atoms with E-state index >= 15 is 0 Å². The zero-order valence-electron chi connectivity index (χ0n) is 12.7. The Labute approximate surface area is 146 Å². The van der Waals surface area contributed by atoms with Gasteiger partial charge in [0.1, 0.15) is 5.56 Å². The first-order chi connectivity index (χ1) is 12.7. The lowest BCUT2D eigenvalue weighted by Crippen LogP contribution is -2.20. The molecule has 0 saturated carbocycles. The van der Waals surface area contributed by atoms with Gasteiger partial charge in [0, 0.05) is 12.0 Å². The van der Waals surface area contributed by atoms with E-state index in [-0.39, 0.29) is 0 Å². The van der Waals surface area contributed by atoms with E-state index in [4.69, 9.17) is 0 Å². The van der Waals surface area contributed by atoms with Gasteiger partial charge in [-0.05, 0) is 0 Å². The summed E-state index contributed by atoms with van der Waals surface area (Å²) in [6, 6.07) is 0. The van der Waals surface area contributed by atoms with Crippen molar-refractivity contribution < 1.29 is 57.5 Å². The first-order valence-electron chi connectivity index (χ1n) is 6.68. The van der Waals surface area contributed by atoms with E-state index < -0.39 is 87.4 Å². The zero-order chi connectivity index (χ0) is 21.7. The van der Waals surface area contributed by atoms with Crippen molar-refractivity contribution in [2.24, 2.45) is 0 Å². The van der Waals surface area contributed by atoms with Crippen LogP contribution in [0, 0.1) is 52.4 Å². The van der Waals surface area contributed by atoms with Crippen LogP contribution in [0.1, 0.15) is 21.5 Å². The first kappa shape index (κ1) is 21.6. The highest BCUT2D eigenvalue weighted by Crippen LogP contribution is 2.37. The molecule has 2 aromatic carbocycles. The van der Waals surface area contributed by atoms with Gasteiger partial charge >= 0.3 is 6.18 Å². The molecule has 152 valence electrons. The third-order valence-corrected chi connectivity index (χ3v) is 3.46. The maximum absolute atomic E-state index is 13.7. The van der Waals surface area contributed by atoms with Crippen LogP contribution in [-0.4, -0.2) is 5.78 Å². The molecule has 0 aliphatic carbocycles. The van der Waals surface area contributed by atoms with Crippen molar-refractivity contribution in [3.63, 3.8) is 0 Å². The molecule has 0 aromatic heterocycles. The number of alkyl halides is 3. The van der Waals surface area contributed by atoms with Gasteiger partial charge < -0.3 is 0 Å². The summed E-state index contributed by atoms with van der Waals surface area (Å²) in [7, 11) is 0. The lowest BCUT2D eigenvalue weighted by Gasteiger charge is -2.14. The largest absolute Gasteiger partial charge is 0.422 e. The first-order valence-corrected chi connectivity index (χ1v) is 6.68. The molecule has 2 rings (SSSR count). The Morgan fingerprint density at radius 2 is 0.929 bits per heavy atom. The van der Waals surface area contributed by atoms with Crippen LogP contribution in [-0.2, 0) is 12.6 Å². The Morgan fingerprint density at radius 1 is 0.571 bits per heavy atom. The summed E-state index contributed by atoms with van der Waals surface area (Å²) >= 11 is 0. The highest BCUT2D eigenvalue weighted by Gasteiger charge is 2.42. The van der Waals surface area contributed by atoms with Crippen molar-refractivity contribution in [1.82, 2.24) is 0 Å². The second-order valence-corrected chi connectivity index (χ2v) is 5.15. The molecule has 0 amide bonds. The predicted molar refractivity (Wildman–Crippen MR) is 65.5 cm³/mol. The second kappa shape index (κ2) is 7.02. The van der Waals surface area contributed by atoms with Crippen molar-refractivity contribution in [2.45, 2.75) is 12.6 Å². The van der Waals surface area contributed by atoms with Crippen LogP contribution in [0.3, 0.4) is 0 Å². The number of hydrogen-bond acceptors (Lipinski definition) is 1. The summed E-state index contributed by atoms with van der Waals surface area (Å²) < 4.78 is 158. The molecule has 0 unspecified atom stereocenters. The molecular weight excluding hydrogens is 424 g/mol. The molecule has 0 saturated heterocycles. The van der Waals surface area contributed by atoms with E-state index in [0.717, 1.165) is 0 Å². The molecule has 28 heavy (non-hydrogen) atoms. The fourth-order valence-electron chi connectivity index (χ4n) is 2.18. The van der Waals surface area contributed by atoms with E-state index in [1.54, 1.807) is 0 Å². The Morgan fingerprint density at radius 3 is 1.29 bits per heavy atom. The van der Waals surface area contributed by atoms with Crippen molar-refractivity contribution in [1.29, 1.82) is 0 Å². The van der Waals surface area contributed by atoms with E-state index in [1.807, 2.05) is 0 Å². The number of halogens is 12. The predicted octanol–water partition coefficient (Wildman–Crippen LogP) is 5.38. The average Bonchev–Trinajstić information content (AvgIpc) is 2.59. The fraction of sp³-hybridized carbons (Fsp3) is 0.133. The van der Waals surface area contributed by atoms with Gasteiger partial charge in [0.25, 0.3) is 0 Å². The quantitative estimate of drug-likeness (QED) is 0.279. The summed E-state index contributed by atoms with van der Waals surface area (Å²) in [4.78, 5) is 11.7. The molecule has 0 aliphatic rings. The van der Waals surface area contributed by atoms with Crippen LogP contribution in [0.2, 0.25) is 0 Å². The summed E-state index contributed by atoms with van der Waals surface area (Å²) in [6.07, 6.45) is -7.94. The van der Waals surface area contributed by atoms with Crippen LogP contribution in [0.15, 0.2) is 0 Å². The summed E-state index contributed by atoms with van der Waals surface area (Å²) in [5, 5.41) is 0. The van der Waals surface area contributed by atoms with Gasteiger partial charge in [-0.2, -0.15) is 13.2 Å². The van der Waals surface area contributed by atoms with Gasteiger partial charge in [0.2, 0.25) is 5.82 Å². The SMILES string of the molecule is O=C(Cc1c(F)c(F)c(C(F)(F)F)c(F)c1F)c1c(F)c(F)c(F)c(F)c1F. The Hall–Kier alpha value is -2.73. The van der Waals surface area contributed by atoms with Gasteiger partial charge in [-0.15, -0.1) is 0 Å². The molecule has 0 atom stereocenters. The topological polar surface area (TPSA) is 17.1 Å². The van der Waals surface area contributed by atoms with Crippen LogP contribution < -0.4 is 0 Å². The molecule has 0 bridgehead atoms. The Kier molecular flexibility index (Phi) is 5.41. The molecule has 13 heteroatoms. The maximum atomic E-state index is 13.7. The third-order valence-electron chi connectivity index (χ3n) is 3.46. The van der Waals surface area contributed by atoms with Crippen LogP contribution in [0.4, 0.5) is 52.7 Å². The van der Waals surface area contributed by atoms with Gasteiger partial charge in [0.05, 0.1) is 5.56 Å². The minimum atomic E-state index is -5.89. The standard InChI is InChI=1S/C15H2F12O/c16-6-2(7(17)11(21)5(10(6)20)15(25,26)27)1-3(28)4-8(18)12(22)14(24)13(23)9(4)19/h1H2. The molecule has 0 fully saturated rings. The molecule has 0 radical (unpaired) electrons. The minimum absolute atomic E-state index is 2.04. The molecule has 2 aromatic rings. The van der Waals surface area contributed by atoms with E-state index in [9.17, 15) is 57.5 Å². The maximum Gasteiger partial charge on any atom is 0.422 e. The normalized spacial score (nSPS) is 11.9. The molecule has 1 nitrogen and oxygen atoms in total. The third kappa shape index (κ3) is 3.29. The van der Waals surface area contributed by atoms with Crippen LogP contribution in [0.5, 0.6) is 0 Å². The number of Topliss-reactive ketones (excluding diaryl/α,β-unsaturated/α-hetero) is 1. The highest BCUT2D eigenvalue weighted by atomic mass is 19.4. The smallest absolute Gasteiger partial charge is 0.294 e. The highest BCUT2D eigenvalue weighted by molar-refractivity contribution is 5.98. The monoisotopic (exact) mass is 426 g/mol. The number of ketones is 1. The molecular formula is C15H2F12O. The van der Waals surface area contributed by atoms with Gasteiger partial charge in [-0.1, -0.05) is 0 Å². The second-order valence-electron chi connectivity index (χ2n) is 5.15. The van der Waals surface area contributed by atoms with E-state index in [0.29, 0.717) is 0 Å². The molecule has 0 heterocycles.